The lowest BCUT2D eigenvalue weighted by atomic mass is 9.89. The van der Waals surface area contributed by atoms with Crippen LogP contribution in [0.4, 0.5) is 11.8 Å². The molecule has 2 aromatic heterocycles. The number of fused-ring (bicyclic) bond motifs is 1. The van der Waals surface area contributed by atoms with Gasteiger partial charge in [0.2, 0.25) is 5.95 Å². The van der Waals surface area contributed by atoms with E-state index in [0.717, 1.165) is 54.8 Å². The zero-order valence-corrected chi connectivity index (χ0v) is 17.8. The van der Waals surface area contributed by atoms with Crippen molar-refractivity contribution in [1.29, 1.82) is 0 Å². The lowest BCUT2D eigenvalue weighted by Crippen LogP contribution is -2.26. The number of nitrogen functional groups attached to an aromatic ring is 1. The maximum absolute atomic E-state index is 5.90. The van der Waals surface area contributed by atoms with Gasteiger partial charge in [0, 0.05) is 12.1 Å². The molecule has 0 spiro atoms. The summed E-state index contributed by atoms with van der Waals surface area (Å²) in [5.41, 5.74) is 9.82. The van der Waals surface area contributed by atoms with Crippen LogP contribution in [0, 0.1) is 0 Å². The topological polar surface area (TPSA) is 103 Å². The standard InChI is InChI=1S/C22H31N7O/c1-3-4-9-25-21-20-18(26-22(23)27-21)14-29(28-20)13-17-6-5-16(12-19(17)30-2)15-7-10-24-11-8-15/h5-6,12,14-15,24H,3-4,7-11,13H2,1-2H3,(H3,23,25,26,27). The van der Waals surface area contributed by atoms with Crippen LogP contribution < -0.4 is 21.1 Å². The minimum absolute atomic E-state index is 0.255. The van der Waals surface area contributed by atoms with Crippen molar-refractivity contribution in [3.8, 4) is 5.75 Å². The van der Waals surface area contributed by atoms with E-state index >= 15 is 0 Å². The van der Waals surface area contributed by atoms with Gasteiger partial charge < -0.3 is 21.1 Å². The van der Waals surface area contributed by atoms with Gasteiger partial charge >= 0.3 is 0 Å². The molecule has 8 nitrogen and oxygen atoms in total. The number of aromatic nitrogens is 4. The van der Waals surface area contributed by atoms with Crippen molar-refractivity contribution in [3.63, 3.8) is 0 Å². The number of nitrogens with one attached hydrogen (secondary N) is 2. The number of methoxy groups -OCH3 is 1. The van der Waals surface area contributed by atoms with Gasteiger partial charge in [-0.1, -0.05) is 25.5 Å². The van der Waals surface area contributed by atoms with Crippen LogP contribution >= 0.6 is 0 Å². The first-order valence-corrected chi connectivity index (χ1v) is 10.8. The number of hydrogen-bond donors (Lipinski definition) is 3. The fraction of sp³-hybridized carbons (Fsp3) is 0.500. The summed E-state index contributed by atoms with van der Waals surface area (Å²) < 4.78 is 7.60. The third-order valence-electron chi connectivity index (χ3n) is 5.70. The summed E-state index contributed by atoms with van der Waals surface area (Å²) in [5, 5.41) is 11.5. The predicted octanol–water partition coefficient (Wildman–Crippen LogP) is 3.14. The molecule has 1 aliphatic heterocycles. The second-order valence-corrected chi connectivity index (χ2v) is 7.87. The molecular weight excluding hydrogens is 378 g/mol. The Morgan fingerprint density at radius 3 is 2.87 bits per heavy atom. The smallest absolute Gasteiger partial charge is 0.222 e. The predicted molar refractivity (Wildman–Crippen MR) is 120 cm³/mol. The molecule has 0 radical (unpaired) electrons. The summed E-state index contributed by atoms with van der Waals surface area (Å²) in [6.45, 7) is 5.74. The van der Waals surface area contributed by atoms with Crippen LogP contribution in [0.2, 0.25) is 0 Å². The Labute approximate surface area is 177 Å². The quantitative estimate of drug-likeness (QED) is 0.491. The Balaban J connectivity index is 1.58. The van der Waals surface area contributed by atoms with E-state index in [1.54, 1.807) is 7.11 Å². The van der Waals surface area contributed by atoms with Crippen molar-refractivity contribution in [3.05, 3.63) is 35.5 Å². The molecule has 3 aromatic rings. The van der Waals surface area contributed by atoms with Crippen LogP contribution in [-0.2, 0) is 6.54 Å². The lowest BCUT2D eigenvalue weighted by Gasteiger charge is -2.23. The maximum Gasteiger partial charge on any atom is 0.222 e. The highest BCUT2D eigenvalue weighted by Crippen LogP contribution is 2.30. The highest BCUT2D eigenvalue weighted by molar-refractivity contribution is 5.85. The SMILES string of the molecule is CCCCNc1nc(N)nc2cn(Cc3ccc(C4CCNCC4)cc3OC)nc12. The number of piperidine rings is 1. The van der Waals surface area contributed by atoms with Crippen LogP contribution in [0.1, 0.15) is 49.7 Å². The fourth-order valence-electron chi connectivity index (χ4n) is 4.04. The molecule has 0 saturated carbocycles. The molecule has 4 N–H and O–H groups in total. The first-order valence-electron chi connectivity index (χ1n) is 10.8. The van der Waals surface area contributed by atoms with Gasteiger partial charge in [0.05, 0.1) is 19.9 Å². The van der Waals surface area contributed by atoms with Gasteiger partial charge in [-0.05, 0) is 49.9 Å². The Morgan fingerprint density at radius 1 is 1.27 bits per heavy atom. The van der Waals surface area contributed by atoms with E-state index in [9.17, 15) is 0 Å². The fourth-order valence-corrected chi connectivity index (χ4v) is 4.04. The first-order chi connectivity index (χ1) is 14.7. The number of hydrogen-bond acceptors (Lipinski definition) is 7. The third-order valence-corrected chi connectivity index (χ3v) is 5.70. The van der Waals surface area contributed by atoms with Crippen LogP contribution in [0.5, 0.6) is 5.75 Å². The number of rotatable bonds is 8. The molecule has 0 amide bonds. The van der Waals surface area contributed by atoms with E-state index in [4.69, 9.17) is 15.6 Å². The highest BCUT2D eigenvalue weighted by Gasteiger charge is 2.17. The van der Waals surface area contributed by atoms with Crippen molar-refractivity contribution in [2.45, 2.75) is 45.1 Å². The van der Waals surface area contributed by atoms with E-state index < -0.39 is 0 Å². The molecule has 0 unspecified atom stereocenters. The van der Waals surface area contributed by atoms with E-state index in [0.29, 0.717) is 18.3 Å². The minimum Gasteiger partial charge on any atom is -0.496 e. The van der Waals surface area contributed by atoms with Gasteiger partial charge in [0.25, 0.3) is 0 Å². The normalized spacial score (nSPS) is 14.9. The Morgan fingerprint density at radius 2 is 2.10 bits per heavy atom. The van der Waals surface area contributed by atoms with E-state index in [1.165, 1.54) is 18.4 Å². The first kappa shape index (κ1) is 20.4. The maximum atomic E-state index is 5.90. The molecule has 3 heterocycles. The molecule has 1 aliphatic rings. The van der Waals surface area contributed by atoms with E-state index in [-0.39, 0.29) is 5.95 Å². The van der Waals surface area contributed by atoms with Crippen LogP contribution in [0.15, 0.2) is 24.4 Å². The lowest BCUT2D eigenvalue weighted by molar-refractivity contribution is 0.404. The molecule has 0 aliphatic carbocycles. The Bertz CT molecular complexity index is 995. The van der Waals surface area contributed by atoms with Crippen molar-refractivity contribution in [2.24, 2.45) is 0 Å². The van der Waals surface area contributed by atoms with E-state index in [2.05, 4.69) is 45.7 Å². The van der Waals surface area contributed by atoms with Crippen LogP contribution in [0.3, 0.4) is 0 Å². The van der Waals surface area contributed by atoms with Crippen molar-refractivity contribution in [1.82, 2.24) is 25.1 Å². The Hall–Kier alpha value is -2.87. The number of nitrogens with zero attached hydrogens (tertiary/aromatic N) is 4. The molecule has 8 heteroatoms. The van der Waals surface area contributed by atoms with Gasteiger partial charge in [-0.25, -0.2) is 4.98 Å². The van der Waals surface area contributed by atoms with Gasteiger partial charge in [0.1, 0.15) is 11.3 Å². The average molecular weight is 410 g/mol. The van der Waals surface area contributed by atoms with Gasteiger partial charge in [-0.2, -0.15) is 10.1 Å². The number of benzene rings is 1. The van der Waals surface area contributed by atoms with Crippen molar-refractivity contribution in [2.75, 3.05) is 37.8 Å². The molecule has 30 heavy (non-hydrogen) atoms. The molecular formula is C22H31N7O. The average Bonchev–Trinajstić information content (AvgIpc) is 3.17. The number of ether oxygens (including phenoxy) is 1. The van der Waals surface area contributed by atoms with Crippen molar-refractivity contribution >= 4 is 22.8 Å². The minimum atomic E-state index is 0.255. The summed E-state index contributed by atoms with van der Waals surface area (Å²) >= 11 is 0. The molecule has 1 fully saturated rings. The summed E-state index contributed by atoms with van der Waals surface area (Å²) in [4.78, 5) is 8.69. The number of nitrogens with two attached hydrogens (primary N) is 1. The van der Waals surface area contributed by atoms with Gasteiger partial charge in [-0.3, -0.25) is 4.68 Å². The molecule has 160 valence electrons. The molecule has 4 rings (SSSR count). The van der Waals surface area contributed by atoms with Gasteiger partial charge in [0.15, 0.2) is 11.3 Å². The zero-order valence-electron chi connectivity index (χ0n) is 17.8. The summed E-state index contributed by atoms with van der Waals surface area (Å²) in [7, 11) is 1.73. The van der Waals surface area contributed by atoms with E-state index in [1.807, 2.05) is 10.9 Å². The largest absolute Gasteiger partial charge is 0.496 e. The summed E-state index contributed by atoms with van der Waals surface area (Å²) in [5.74, 6) is 2.44. The van der Waals surface area contributed by atoms with Gasteiger partial charge in [-0.15, -0.1) is 0 Å². The second kappa shape index (κ2) is 9.30. The summed E-state index contributed by atoms with van der Waals surface area (Å²) in [6.07, 6.45) is 6.42. The Kier molecular flexibility index (Phi) is 6.32. The molecule has 0 bridgehead atoms. The second-order valence-electron chi connectivity index (χ2n) is 7.87. The molecule has 1 aromatic carbocycles. The monoisotopic (exact) mass is 409 g/mol. The third kappa shape index (κ3) is 4.48. The van der Waals surface area contributed by atoms with Crippen LogP contribution in [-0.4, -0.2) is 46.5 Å². The van der Waals surface area contributed by atoms with Crippen LogP contribution in [0.25, 0.3) is 11.0 Å². The summed E-state index contributed by atoms with van der Waals surface area (Å²) in [6, 6.07) is 6.57. The van der Waals surface area contributed by atoms with Crippen molar-refractivity contribution < 1.29 is 4.74 Å². The molecule has 0 atom stereocenters. The number of anilines is 2. The molecule has 1 saturated heterocycles. The highest BCUT2D eigenvalue weighted by atomic mass is 16.5. The zero-order chi connectivity index (χ0) is 20.9. The number of unbranched alkanes of at least 4 members (excludes halogenated alkanes) is 1.